The molecule has 0 saturated carbocycles. The average Bonchev–Trinajstić information content (AvgIpc) is 2.52. The Morgan fingerprint density at radius 2 is 2.05 bits per heavy atom. The van der Waals surface area contributed by atoms with Crippen molar-refractivity contribution in [2.24, 2.45) is 0 Å². The Labute approximate surface area is 123 Å². The van der Waals surface area contributed by atoms with E-state index >= 15 is 0 Å². The van der Waals surface area contributed by atoms with E-state index in [2.05, 4.69) is 11.9 Å². The van der Waals surface area contributed by atoms with Crippen LogP contribution in [0.15, 0.2) is 29.1 Å². The van der Waals surface area contributed by atoms with E-state index in [9.17, 15) is 9.59 Å². The molecule has 0 radical (unpaired) electrons. The maximum Gasteiger partial charge on any atom is 0.256 e. The van der Waals surface area contributed by atoms with Crippen LogP contribution >= 0.6 is 0 Å². The van der Waals surface area contributed by atoms with Gasteiger partial charge in [-0.3, -0.25) is 9.59 Å². The van der Waals surface area contributed by atoms with Crippen LogP contribution in [-0.2, 0) is 17.8 Å². The molecule has 0 atom stereocenters. The highest BCUT2D eigenvalue weighted by Crippen LogP contribution is 2.24. The fourth-order valence-electron chi connectivity index (χ4n) is 3.00. The number of nitrogens with one attached hydrogen (secondary N) is 1. The quantitative estimate of drug-likeness (QED) is 0.942. The molecule has 2 heterocycles. The van der Waals surface area contributed by atoms with Crippen molar-refractivity contribution < 1.29 is 4.79 Å². The molecule has 4 heteroatoms. The number of hydrogen-bond acceptors (Lipinski definition) is 2. The first-order chi connectivity index (χ1) is 10.2. The van der Waals surface area contributed by atoms with Gasteiger partial charge in [0.05, 0.1) is 0 Å². The number of carbonyl (C=O) groups is 1. The van der Waals surface area contributed by atoms with Gasteiger partial charge >= 0.3 is 0 Å². The summed E-state index contributed by atoms with van der Waals surface area (Å²) in [4.78, 5) is 29.2. The number of pyridine rings is 1. The maximum absolute atomic E-state index is 12.2. The van der Waals surface area contributed by atoms with Gasteiger partial charge in [0.15, 0.2) is 0 Å². The van der Waals surface area contributed by atoms with E-state index in [4.69, 9.17) is 0 Å². The predicted octanol–water partition coefficient (Wildman–Crippen LogP) is 2.60. The number of carbonyl (C=O) groups excluding carboxylic acids is 1. The number of aromatic nitrogens is 1. The lowest BCUT2D eigenvalue weighted by Gasteiger charge is -2.29. The number of nitrogens with zero attached hydrogens (tertiary/aromatic N) is 1. The Morgan fingerprint density at radius 3 is 2.81 bits per heavy atom. The van der Waals surface area contributed by atoms with Gasteiger partial charge < -0.3 is 9.88 Å². The number of benzene rings is 1. The number of unbranched alkanes of at least 4 members (excludes halogenated alkanes) is 1. The Bertz CT molecular complexity index is 733. The zero-order chi connectivity index (χ0) is 14.8. The molecule has 21 heavy (non-hydrogen) atoms. The first kappa shape index (κ1) is 13.9. The summed E-state index contributed by atoms with van der Waals surface area (Å²) in [5.41, 5.74) is 2.05. The Morgan fingerprint density at radius 1 is 1.29 bits per heavy atom. The van der Waals surface area contributed by atoms with Crippen LogP contribution in [0.4, 0.5) is 0 Å². The van der Waals surface area contributed by atoms with Gasteiger partial charge in [-0.1, -0.05) is 31.5 Å². The molecular weight excluding hydrogens is 264 g/mol. The van der Waals surface area contributed by atoms with Crippen LogP contribution in [0.2, 0.25) is 0 Å². The highest BCUT2D eigenvalue weighted by atomic mass is 16.2. The topological polar surface area (TPSA) is 53.2 Å². The van der Waals surface area contributed by atoms with E-state index in [1.165, 1.54) is 0 Å². The molecule has 0 saturated heterocycles. The van der Waals surface area contributed by atoms with Gasteiger partial charge in [-0.2, -0.15) is 0 Å². The minimum atomic E-state index is -0.0323. The third-order valence-electron chi connectivity index (χ3n) is 4.20. The van der Waals surface area contributed by atoms with E-state index in [-0.39, 0.29) is 11.5 Å². The summed E-state index contributed by atoms with van der Waals surface area (Å²) in [6.07, 6.45) is 3.32. The molecule has 4 nitrogen and oxygen atoms in total. The highest BCUT2D eigenvalue weighted by molar-refractivity contribution is 5.86. The van der Waals surface area contributed by atoms with E-state index in [0.717, 1.165) is 35.9 Å². The van der Waals surface area contributed by atoms with Crippen LogP contribution in [0.25, 0.3) is 10.8 Å². The van der Waals surface area contributed by atoms with Crippen molar-refractivity contribution in [3.8, 4) is 0 Å². The Hall–Kier alpha value is -2.10. The zero-order valence-electron chi connectivity index (χ0n) is 12.3. The lowest BCUT2D eigenvalue weighted by atomic mass is 9.98. The summed E-state index contributed by atoms with van der Waals surface area (Å²) >= 11 is 0. The molecule has 1 aliphatic rings. The lowest BCUT2D eigenvalue weighted by Crippen LogP contribution is -2.37. The molecule has 1 aromatic carbocycles. The summed E-state index contributed by atoms with van der Waals surface area (Å²) in [6.45, 7) is 3.40. The van der Waals surface area contributed by atoms with Crippen molar-refractivity contribution in [3.05, 3.63) is 45.9 Å². The van der Waals surface area contributed by atoms with E-state index in [1.807, 2.05) is 29.2 Å². The second kappa shape index (κ2) is 5.72. The minimum absolute atomic E-state index is 0.0323. The van der Waals surface area contributed by atoms with Crippen LogP contribution in [0.3, 0.4) is 0 Å². The van der Waals surface area contributed by atoms with Crippen LogP contribution in [0, 0.1) is 0 Å². The van der Waals surface area contributed by atoms with Crippen molar-refractivity contribution >= 4 is 16.7 Å². The minimum Gasteiger partial charge on any atom is -0.338 e. The number of amides is 1. The third kappa shape index (κ3) is 2.58. The number of hydrogen-bond donors (Lipinski definition) is 1. The summed E-state index contributed by atoms with van der Waals surface area (Å²) in [5, 5.41) is 1.68. The van der Waals surface area contributed by atoms with Gasteiger partial charge in [-0.25, -0.2) is 0 Å². The molecule has 0 unspecified atom stereocenters. The summed E-state index contributed by atoms with van der Waals surface area (Å²) < 4.78 is 0. The smallest absolute Gasteiger partial charge is 0.256 e. The van der Waals surface area contributed by atoms with Gasteiger partial charge in [0.1, 0.15) is 0 Å². The lowest BCUT2D eigenvalue weighted by molar-refractivity contribution is -0.132. The third-order valence-corrected chi connectivity index (χ3v) is 4.20. The van der Waals surface area contributed by atoms with Crippen molar-refractivity contribution in [1.82, 2.24) is 9.88 Å². The first-order valence-electron chi connectivity index (χ1n) is 7.61. The molecule has 0 spiro atoms. The van der Waals surface area contributed by atoms with Crippen LogP contribution in [-0.4, -0.2) is 22.3 Å². The number of H-pyrrole nitrogens is 1. The largest absolute Gasteiger partial charge is 0.338 e. The molecule has 3 rings (SSSR count). The molecule has 1 amide bonds. The number of fused-ring (bicyclic) bond motifs is 3. The second-order valence-electron chi connectivity index (χ2n) is 5.63. The molecule has 110 valence electrons. The number of rotatable bonds is 3. The fourth-order valence-corrected chi connectivity index (χ4v) is 3.00. The normalized spacial score (nSPS) is 14.2. The summed E-state index contributed by atoms with van der Waals surface area (Å²) in [6, 6.07) is 7.63. The van der Waals surface area contributed by atoms with Gasteiger partial charge in [0.25, 0.3) is 5.56 Å². The Kier molecular flexibility index (Phi) is 3.78. The monoisotopic (exact) mass is 284 g/mol. The Balaban J connectivity index is 1.97. The van der Waals surface area contributed by atoms with Gasteiger partial charge in [-0.15, -0.1) is 0 Å². The van der Waals surface area contributed by atoms with Crippen LogP contribution < -0.4 is 5.56 Å². The maximum atomic E-state index is 12.2. The first-order valence-corrected chi connectivity index (χ1v) is 7.61. The standard InChI is InChI=1S/C17H20N2O2/c1-2-3-8-16(20)19-10-9-15-14(11-19)12-6-4-5-7-13(12)17(21)18-15/h4-7H,2-3,8-11H2,1H3,(H,18,21). The summed E-state index contributed by atoms with van der Waals surface area (Å²) in [7, 11) is 0. The predicted molar refractivity (Wildman–Crippen MR) is 83.2 cm³/mol. The summed E-state index contributed by atoms with van der Waals surface area (Å²) in [5.74, 6) is 0.220. The van der Waals surface area contributed by atoms with Crippen LogP contribution in [0.1, 0.15) is 37.4 Å². The SMILES string of the molecule is CCCCC(=O)N1CCc2[nH]c(=O)c3ccccc3c2C1. The molecule has 1 aromatic heterocycles. The molecule has 1 aliphatic heterocycles. The molecule has 2 aromatic rings. The molecule has 1 N–H and O–H groups in total. The molecule has 0 aliphatic carbocycles. The van der Waals surface area contributed by atoms with Crippen molar-refractivity contribution in [1.29, 1.82) is 0 Å². The van der Waals surface area contributed by atoms with Gasteiger partial charge in [-0.05, 0) is 23.4 Å². The van der Waals surface area contributed by atoms with Crippen molar-refractivity contribution in [2.75, 3.05) is 6.54 Å². The van der Waals surface area contributed by atoms with E-state index < -0.39 is 0 Å². The highest BCUT2D eigenvalue weighted by Gasteiger charge is 2.23. The van der Waals surface area contributed by atoms with E-state index in [0.29, 0.717) is 24.9 Å². The van der Waals surface area contributed by atoms with Gasteiger partial charge in [0.2, 0.25) is 5.91 Å². The van der Waals surface area contributed by atoms with Gasteiger partial charge in [0, 0.05) is 37.0 Å². The zero-order valence-corrected chi connectivity index (χ0v) is 12.3. The van der Waals surface area contributed by atoms with E-state index in [1.54, 1.807) is 0 Å². The molecule has 0 fully saturated rings. The average molecular weight is 284 g/mol. The fraction of sp³-hybridized carbons (Fsp3) is 0.412. The van der Waals surface area contributed by atoms with Crippen molar-refractivity contribution in [3.63, 3.8) is 0 Å². The molecular formula is C17H20N2O2. The second-order valence-corrected chi connectivity index (χ2v) is 5.63. The number of aromatic amines is 1. The van der Waals surface area contributed by atoms with Crippen molar-refractivity contribution in [2.45, 2.75) is 39.2 Å². The van der Waals surface area contributed by atoms with Crippen LogP contribution in [0.5, 0.6) is 0 Å². The molecule has 0 bridgehead atoms.